The molecule has 1 unspecified atom stereocenters. The molecule has 0 aromatic carbocycles. The molecule has 116 valence electrons. The van der Waals surface area contributed by atoms with Crippen molar-refractivity contribution in [3.63, 3.8) is 0 Å². The van der Waals surface area contributed by atoms with Crippen LogP contribution in [-0.4, -0.2) is 54.1 Å². The van der Waals surface area contributed by atoms with Crippen molar-refractivity contribution in [3.8, 4) is 0 Å². The van der Waals surface area contributed by atoms with Crippen LogP contribution in [0.25, 0.3) is 0 Å². The number of carboxylic acid groups (broad SMARTS) is 1. The van der Waals surface area contributed by atoms with Crippen LogP contribution in [0.2, 0.25) is 0 Å². The van der Waals surface area contributed by atoms with Crippen LogP contribution < -0.4 is 11.1 Å². The number of nitrogens with zero attached hydrogens (tertiary/aromatic N) is 1. The maximum Gasteiger partial charge on any atom is 0.305 e. The van der Waals surface area contributed by atoms with Crippen molar-refractivity contribution in [2.75, 3.05) is 20.1 Å². The largest absolute Gasteiger partial charge is 0.481 e. The Morgan fingerprint density at radius 1 is 1.35 bits per heavy atom. The van der Waals surface area contributed by atoms with Gasteiger partial charge in [0.1, 0.15) is 0 Å². The predicted molar refractivity (Wildman–Crippen MR) is 77.4 cm³/mol. The number of nitrogens with two attached hydrogens (primary N) is 1. The summed E-state index contributed by atoms with van der Waals surface area (Å²) in [6, 6.07) is -0.280. The number of aliphatic carboxylic acids is 1. The molecule has 1 rings (SSSR count). The van der Waals surface area contributed by atoms with E-state index >= 15 is 0 Å². The Balaban J connectivity index is 2.11. The summed E-state index contributed by atoms with van der Waals surface area (Å²) in [5, 5.41) is 11.2. The van der Waals surface area contributed by atoms with Gasteiger partial charge in [-0.2, -0.15) is 0 Å². The molecule has 4 N–H and O–H groups in total. The summed E-state index contributed by atoms with van der Waals surface area (Å²) >= 11 is 0. The zero-order valence-corrected chi connectivity index (χ0v) is 12.3. The van der Waals surface area contributed by atoms with E-state index in [9.17, 15) is 9.59 Å². The van der Waals surface area contributed by atoms with Gasteiger partial charge in [0.25, 0.3) is 0 Å². The fourth-order valence-corrected chi connectivity index (χ4v) is 2.66. The highest BCUT2D eigenvalue weighted by atomic mass is 16.4. The Hall–Kier alpha value is -1.14. The van der Waals surface area contributed by atoms with Gasteiger partial charge < -0.3 is 21.1 Å². The number of hydrogen-bond acceptors (Lipinski definition) is 4. The van der Waals surface area contributed by atoms with Gasteiger partial charge in [-0.25, -0.2) is 0 Å². The number of carbonyl (C=O) groups is 2. The normalized spacial score (nSPS) is 17.9. The number of rotatable bonds is 8. The second-order valence-corrected chi connectivity index (χ2v) is 5.62. The molecule has 0 bridgehead atoms. The molecule has 0 radical (unpaired) electrons. The average Bonchev–Trinajstić information content (AvgIpc) is 2.43. The molecule has 6 nitrogen and oxygen atoms in total. The molecule has 20 heavy (non-hydrogen) atoms. The SMILES string of the molecule is CN(CCCNC(=O)C(N)CC(=O)O)C1CCCCC1. The molecule has 0 heterocycles. The molecule has 1 fully saturated rings. The van der Waals surface area contributed by atoms with E-state index in [-0.39, 0.29) is 12.3 Å². The minimum absolute atomic E-state index is 0.326. The highest BCUT2D eigenvalue weighted by Crippen LogP contribution is 2.21. The molecule has 0 aromatic heterocycles. The second kappa shape index (κ2) is 8.92. The van der Waals surface area contributed by atoms with E-state index in [4.69, 9.17) is 10.8 Å². The standard InChI is InChI=1S/C14H27N3O3/c1-17(11-6-3-2-4-7-11)9-5-8-16-14(20)12(15)10-13(18)19/h11-12H,2-10,15H2,1H3,(H,16,20)(H,18,19). The molecule has 0 saturated heterocycles. The quantitative estimate of drug-likeness (QED) is 0.566. The maximum absolute atomic E-state index is 11.5. The summed E-state index contributed by atoms with van der Waals surface area (Å²) in [6.45, 7) is 1.49. The first-order valence-corrected chi connectivity index (χ1v) is 7.46. The van der Waals surface area contributed by atoms with Crippen molar-refractivity contribution in [1.29, 1.82) is 0 Å². The van der Waals surface area contributed by atoms with E-state index in [1.54, 1.807) is 0 Å². The van der Waals surface area contributed by atoms with Crippen LogP contribution >= 0.6 is 0 Å². The fraction of sp³-hybridized carbons (Fsp3) is 0.857. The second-order valence-electron chi connectivity index (χ2n) is 5.62. The first-order valence-electron chi connectivity index (χ1n) is 7.46. The number of amides is 1. The van der Waals surface area contributed by atoms with Crippen molar-refractivity contribution in [3.05, 3.63) is 0 Å². The molecule has 0 aliphatic heterocycles. The van der Waals surface area contributed by atoms with Gasteiger partial charge in [0.15, 0.2) is 0 Å². The Labute approximate surface area is 120 Å². The highest BCUT2D eigenvalue weighted by molar-refractivity contribution is 5.85. The lowest BCUT2D eigenvalue weighted by Gasteiger charge is -2.31. The van der Waals surface area contributed by atoms with Gasteiger partial charge in [-0.05, 0) is 32.9 Å². The van der Waals surface area contributed by atoms with Gasteiger partial charge in [0, 0.05) is 12.6 Å². The molecule has 1 saturated carbocycles. The lowest BCUT2D eigenvalue weighted by Crippen LogP contribution is -2.43. The molecule has 1 atom stereocenters. The Bertz CT molecular complexity index is 317. The third kappa shape index (κ3) is 6.34. The fourth-order valence-electron chi connectivity index (χ4n) is 2.66. The lowest BCUT2D eigenvalue weighted by atomic mass is 9.94. The predicted octanol–water partition coefficient (Wildman–Crippen LogP) is 0.559. The summed E-state index contributed by atoms with van der Waals surface area (Å²) in [5.74, 6) is -1.43. The molecule has 1 aliphatic carbocycles. The van der Waals surface area contributed by atoms with Gasteiger partial charge in [-0.3, -0.25) is 9.59 Å². The van der Waals surface area contributed by atoms with Gasteiger partial charge in [0.05, 0.1) is 12.5 Å². The van der Waals surface area contributed by atoms with E-state index in [1.807, 2.05) is 0 Å². The lowest BCUT2D eigenvalue weighted by molar-refractivity contribution is -0.139. The van der Waals surface area contributed by atoms with E-state index in [1.165, 1.54) is 32.1 Å². The Morgan fingerprint density at radius 2 is 2.00 bits per heavy atom. The number of carboxylic acids is 1. The first-order chi connectivity index (χ1) is 9.50. The number of carbonyl (C=O) groups excluding carboxylic acids is 1. The summed E-state index contributed by atoms with van der Waals surface area (Å²) in [6.07, 6.45) is 7.05. The monoisotopic (exact) mass is 285 g/mol. The molecular formula is C14H27N3O3. The molecular weight excluding hydrogens is 258 g/mol. The first kappa shape index (κ1) is 16.9. The third-order valence-electron chi connectivity index (χ3n) is 3.92. The zero-order valence-electron chi connectivity index (χ0n) is 12.3. The molecule has 0 aromatic rings. The van der Waals surface area contributed by atoms with Crippen LogP contribution in [0.15, 0.2) is 0 Å². The average molecular weight is 285 g/mol. The summed E-state index contributed by atoms with van der Waals surface area (Å²) < 4.78 is 0. The van der Waals surface area contributed by atoms with Crippen LogP contribution in [0, 0.1) is 0 Å². The molecule has 6 heteroatoms. The number of nitrogens with one attached hydrogen (secondary N) is 1. The Morgan fingerprint density at radius 3 is 2.60 bits per heavy atom. The summed E-state index contributed by atoms with van der Waals surface area (Å²) in [7, 11) is 2.13. The van der Waals surface area contributed by atoms with E-state index in [2.05, 4.69) is 17.3 Å². The van der Waals surface area contributed by atoms with Crippen molar-refractivity contribution in [1.82, 2.24) is 10.2 Å². The van der Waals surface area contributed by atoms with E-state index in [0.717, 1.165) is 13.0 Å². The third-order valence-corrected chi connectivity index (χ3v) is 3.92. The van der Waals surface area contributed by atoms with Crippen molar-refractivity contribution in [2.24, 2.45) is 5.73 Å². The van der Waals surface area contributed by atoms with E-state index < -0.39 is 12.0 Å². The topological polar surface area (TPSA) is 95.7 Å². The molecule has 0 spiro atoms. The summed E-state index contributed by atoms with van der Waals surface area (Å²) in [4.78, 5) is 24.3. The van der Waals surface area contributed by atoms with Gasteiger partial charge in [-0.1, -0.05) is 19.3 Å². The van der Waals surface area contributed by atoms with Crippen molar-refractivity contribution in [2.45, 2.75) is 57.0 Å². The van der Waals surface area contributed by atoms with Crippen LogP contribution in [0.3, 0.4) is 0 Å². The zero-order chi connectivity index (χ0) is 15.0. The number of hydrogen-bond donors (Lipinski definition) is 3. The minimum Gasteiger partial charge on any atom is -0.481 e. The minimum atomic E-state index is -1.05. The van der Waals surface area contributed by atoms with Crippen molar-refractivity contribution >= 4 is 11.9 Å². The smallest absolute Gasteiger partial charge is 0.305 e. The highest BCUT2D eigenvalue weighted by Gasteiger charge is 2.18. The van der Waals surface area contributed by atoms with Crippen LogP contribution in [0.1, 0.15) is 44.9 Å². The molecule has 1 amide bonds. The van der Waals surface area contributed by atoms with Crippen LogP contribution in [0.4, 0.5) is 0 Å². The van der Waals surface area contributed by atoms with E-state index in [0.29, 0.717) is 12.6 Å². The van der Waals surface area contributed by atoms with Crippen LogP contribution in [0.5, 0.6) is 0 Å². The van der Waals surface area contributed by atoms with Gasteiger partial charge in [-0.15, -0.1) is 0 Å². The van der Waals surface area contributed by atoms with Crippen LogP contribution in [-0.2, 0) is 9.59 Å². The van der Waals surface area contributed by atoms with Gasteiger partial charge in [0.2, 0.25) is 5.91 Å². The molecule has 1 aliphatic rings. The maximum atomic E-state index is 11.5. The Kier molecular flexibility index (Phi) is 7.54. The summed E-state index contributed by atoms with van der Waals surface area (Å²) in [5.41, 5.74) is 5.47. The van der Waals surface area contributed by atoms with Gasteiger partial charge >= 0.3 is 5.97 Å². The van der Waals surface area contributed by atoms with Crippen molar-refractivity contribution < 1.29 is 14.7 Å².